The van der Waals surface area contributed by atoms with E-state index in [9.17, 15) is 5.11 Å². The van der Waals surface area contributed by atoms with Gasteiger partial charge in [0.15, 0.2) is 34.5 Å². The molecule has 0 aliphatic carbocycles. The number of hydrogen-bond acceptors (Lipinski definition) is 2. The van der Waals surface area contributed by atoms with Gasteiger partial charge >= 0.3 is 0 Å². The Bertz CT molecular complexity index is 707. The Morgan fingerprint density at radius 3 is 2.41 bits per heavy atom. The van der Waals surface area contributed by atoms with Crippen LogP contribution in [-0.4, -0.2) is 5.11 Å². The van der Waals surface area contributed by atoms with Gasteiger partial charge < -0.3 is 8.17 Å². The zero-order valence-corrected chi connectivity index (χ0v) is 11.0. The minimum Gasteiger partial charge on any atom is -0.504 e. The molecule has 1 N–H and O–H groups in total. The van der Waals surface area contributed by atoms with Crippen LogP contribution in [0.3, 0.4) is 0 Å². The normalized spacial score (nSPS) is 10.9. The Hall–Kier alpha value is -1.49. The number of hydrogen-bond donors (Lipinski definition) is 1. The monoisotopic (exact) mass is 336 g/mol. The lowest BCUT2D eigenvalue weighted by atomic mass is 10.0. The van der Waals surface area contributed by atoms with Crippen LogP contribution in [0.5, 0.6) is 11.5 Å². The lowest BCUT2D eigenvalue weighted by Gasteiger charge is -2.07. The molecule has 0 saturated carbocycles. The van der Waals surface area contributed by atoms with E-state index >= 15 is 0 Å². The molecule has 0 aliphatic heterocycles. The maximum atomic E-state index is 10.1. The van der Waals surface area contributed by atoms with E-state index in [0.717, 1.165) is 16.2 Å². The standard InChI is InChI=1S/C14H9IO2/c15-17-13-8-7-11-10-4-2-1-3-9(10)5-6-12(11)14(13)16/h1-8,16H. The van der Waals surface area contributed by atoms with Crippen LogP contribution < -0.4 is 3.07 Å². The molecule has 0 aliphatic rings. The first-order valence-corrected chi connectivity index (χ1v) is 6.11. The van der Waals surface area contributed by atoms with E-state index in [4.69, 9.17) is 3.07 Å². The van der Waals surface area contributed by atoms with Gasteiger partial charge in [0.05, 0.1) is 0 Å². The van der Waals surface area contributed by atoms with Gasteiger partial charge in [0.2, 0.25) is 0 Å². The van der Waals surface area contributed by atoms with Crippen LogP contribution in [0.1, 0.15) is 0 Å². The minimum atomic E-state index is 0.197. The van der Waals surface area contributed by atoms with Crippen molar-refractivity contribution in [2.45, 2.75) is 0 Å². The summed E-state index contributed by atoms with van der Waals surface area (Å²) in [4.78, 5) is 0. The molecule has 0 atom stereocenters. The van der Waals surface area contributed by atoms with Gasteiger partial charge in [-0.05, 0) is 34.4 Å². The van der Waals surface area contributed by atoms with E-state index in [1.54, 1.807) is 29.1 Å². The maximum Gasteiger partial charge on any atom is 0.192 e. The fourth-order valence-corrected chi connectivity index (χ4v) is 2.47. The second-order valence-corrected chi connectivity index (χ2v) is 4.31. The van der Waals surface area contributed by atoms with Crippen LogP contribution in [0.2, 0.25) is 0 Å². The molecule has 3 aromatic rings. The molecule has 0 radical (unpaired) electrons. The van der Waals surface area contributed by atoms with Crippen molar-refractivity contribution in [1.82, 2.24) is 0 Å². The number of aromatic hydroxyl groups is 1. The van der Waals surface area contributed by atoms with E-state index in [1.807, 2.05) is 30.3 Å². The summed E-state index contributed by atoms with van der Waals surface area (Å²) in [5.41, 5.74) is 0. The molecule has 0 spiro atoms. The summed E-state index contributed by atoms with van der Waals surface area (Å²) in [6.07, 6.45) is 0. The highest BCUT2D eigenvalue weighted by Gasteiger charge is 2.08. The van der Waals surface area contributed by atoms with Crippen LogP contribution in [0.15, 0.2) is 48.5 Å². The molecule has 3 rings (SSSR count). The number of phenols is 1. The Balaban J connectivity index is 2.49. The zero-order valence-electron chi connectivity index (χ0n) is 8.85. The molecule has 3 heteroatoms. The van der Waals surface area contributed by atoms with Gasteiger partial charge in [0, 0.05) is 5.39 Å². The van der Waals surface area contributed by atoms with Crippen LogP contribution >= 0.6 is 23.0 Å². The molecule has 3 aromatic carbocycles. The Morgan fingerprint density at radius 1 is 0.824 bits per heavy atom. The van der Waals surface area contributed by atoms with Crippen molar-refractivity contribution < 1.29 is 8.17 Å². The van der Waals surface area contributed by atoms with Crippen LogP contribution in [0.4, 0.5) is 0 Å². The quantitative estimate of drug-likeness (QED) is 0.526. The third-order valence-electron chi connectivity index (χ3n) is 2.94. The summed E-state index contributed by atoms with van der Waals surface area (Å²) >= 11 is 1.77. The summed E-state index contributed by atoms with van der Waals surface area (Å²) in [5, 5.41) is 14.2. The van der Waals surface area contributed by atoms with Gasteiger partial charge in [-0.15, -0.1) is 0 Å². The minimum absolute atomic E-state index is 0.197. The highest BCUT2D eigenvalue weighted by atomic mass is 127. The van der Waals surface area contributed by atoms with Crippen LogP contribution in [0.25, 0.3) is 21.5 Å². The lowest BCUT2D eigenvalue weighted by Crippen LogP contribution is -1.81. The van der Waals surface area contributed by atoms with Crippen molar-refractivity contribution in [3.8, 4) is 11.5 Å². The van der Waals surface area contributed by atoms with E-state index in [1.165, 1.54) is 5.39 Å². The number of fused-ring (bicyclic) bond motifs is 3. The molecule has 0 aromatic heterocycles. The van der Waals surface area contributed by atoms with Gasteiger partial charge in [0.1, 0.15) is 0 Å². The number of rotatable bonds is 1. The Labute approximate surface area is 113 Å². The molecule has 0 bridgehead atoms. The van der Waals surface area contributed by atoms with E-state index < -0.39 is 0 Å². The summed E-state index contributed by atoms with van der Waals surface area (Å²) in [5.74, 6) is 0.691. The highest BCUT2D eigenvalue weighted by molar-refractivity contribution is 14.1. The van der Waals surface area contributed by atoms with Crippen molar-refractivity contribution in [1.29, 1.82) is 0 Å². The molecule has 84 valence electrons. The van der Waals surface area contributed by atoms with Crippen molar-refractivity contribution in [3.63, 3.8) is 0 Å². The number of phenolic OH excluding ortho intramolecular Hbond substituents is 1. The van der Waals surface area contributed by atoms with E-state index in [-0.39, 0.29) is 5.75 Å². The van der Waals surface area contributed by atoms with E-state index in [2.05, 4.69) is 12.1 Å². The molecule has 0 saturated heterocycles. The average molecular weight is 336 g/mol. The van der Waals surface area contributed by atoms with Gasteiger partial charge in [-0.2, -0.15) is 0 Å². The first-order valence-electron chi connectivity index (χ1n) is 5.23. The smallest absolute Gasteiger partial charge is 0.192 e. The van der Waals surface area contributed by atoms with Crippen LogP contribution in [0, 0.1) is 0 Å². The predicted octanol–water partition coefficient (Wildman–Crippen LogP) is 4.43. The molecular formula is C14H9IO2. The summed E-state index contributed by atoms with van der Waals surface area (Å²) in [6, 6.07) is 15.8. The fourth-order valence-electron chi connectivity index (χ4n) is 2.11. The maximum absolute atomic E-state index is 10.1. The Morgan fingerprint density at radius 2 is 1.59 bits per heavy atom. The summed E-state index contributed by atoms with van der Waals surface area (Å²) in [6.45, 7) is 0. The van der Waals surface area contributed by atoms with Crippen molar-refractivity contribution in [3.05, 3.63) is 48.5 Å². The molecule has 2 nitrogen and oxygen atoms in total. The topological polar surface area (TPSA) is 29.5 Å². The van der Waals surface area contributed by atoms with Crippen molar-refractivity contribution in [2.24, 2.45) is 0 Å². The van der Waals surface area contributed by atoms with Gasteiger partial charge in [0.25, 0.3) is 0 Å². The predicted molar refractivity (Wildman–Crippen MR) is 77.8 cm³/mol. The second-order valence-electron chi connectivity index (χ2n) is 3.87. The fraction of sp³-hybridized carbons (Fsp3) is 0. The molecule has 0 unspecified atom stereocenters. The average Bonchev–Trinajstić information content (AvgIpc) is 2.39. The van der Waals surface area contributed by atoms with E-state index in [0.29, 0.717) is 5.75 Å². The summed E-state index contributed by atoms with van der Waals surface area (Å²) in [7, 11) is 0. The van der Waals surface area contributed by atoms with Crippen LogP contribution in [-0.2, 0) is 0 Å². The highest BCUT2D eigenvalue weighted by Crippen LogP contribution is 2.38. The van der Waals surface area contributed by atoms with Crippen molar-refractivity contribution in [2.75, 3.05) is 0 Å². The van der Waals surface area contributed by atoms with Crippen molar-refractivity contribution >= 4 is 44.6 Å². The Kier molecular flexibility index (Phi) is 2.55. The lowest BCUT2D eigenvalue weighted by molar-refractivity contribution is 0.463. The second kappa shape index (κ2) is 4.07. The third kappa shape index (κ3) is 1.61. The summed E-state index contributed by atoms with van der Waals surface area (Å²) < 4.78 is 5.09. The third-order valence-corrected chi connectivity index (χ3v) is 3.42. The SMILES string of the molecule is Oc1c(OI)ccc2c1ccc1ccccc12. The molecule has 0 amide bonds. The molecule has 17 heavy (non-hydrogen) atoms. The zero-order chi connectivity index (χ0) is 11.8. The number of halogens is 1. The first-order chi connectivity index (χ1) is 8.31. The largest absolute Gasteiger partial charge is 0.504 e. The first kappa shape index (κ1) is 10.7. The number of benzene rings is 3. The van der Waals surface area contributed by atoms with Gasteiger partial charge in [-0.3, -0.25) is 0 Å². The van der Waals surface area contributed by atoms with Gasteiger partial charge in [-0.25, -0.2) is 0 Å². The molecular weight excluding hydrogens is 327 g/mol. The molecule has 0 fully saturated rings. The molecule has 0 heterocycles. The van der Waals surface area contributed by atoms with Gasteiger partial charge in [-0.1, -0.05) is 30.3 Å².